The zero-order valence-corrected chi connectivity index (χ0v) is 10.8. The van der Waals surface area contributed by atoms with Crippen LogP contribution in [0.25, 0.3) is 0 Å². The number of aromatic nitrogens is 3. The van der Waals surface area contributed by atoms with Gasteiger partial charge in [0.25, 0.3) is 0 Å². The van der Waals surface area contributed by atoms with Crippen molar-refractivity contribution in [3.63, 3.8) is 0 Å². The molecule has 0 aliphatic rings. The number of ether oxygens (including phenoxy) is 1. The van der Waals surface area contributed by atoms with E-state index < -0.39 is 0 Å². The van der Waals surface area contributed by atoms with Crippen molar-refractivity contribution < 1.29 is 4.74 Å². The zero-order chi connectivity index (χ0) is 12.0. The van der Waals surface area contributed by atoms with Crippen LogP contribution in [0.5, 0.6) is 0 Å². The summed E-state index contributed by atoms with van der Waals surface area (Å²) in [7, 11) is 0. The third-order valence-corrected chi connectivity index (χ3v) is 2.12. The van der Waals surface area contributed by atoms with E-state index in [0.717, 1.165) is 25.3 Å². The number of rotatable bonds is 7. The third-order valence-electron chi connectivity index (χ3n) is 2.12. The van der Waals surface area contributed by atoms with Gasteiger partial charge in [-0.1, -0.05) is 32.9 Å². The molecule has 0 N–H and O–H groups in total. The first-order chi connectivity index (χ1) is 7.58. The fraction of sp³-hybridized carbons (Fsp3) is 0.833. The summed E-state index contributed by atoms with van der Waals surface area (Å²) in [6.07, 6.45) is 3.01. The molecule has 0 fully saturated rings. The predicted octanol–water partition coefficient (Wildman–Crippen LogP) is 2.15. The molecular formula is C12H23N3O. The van der Waals surface area contributed by atoms with Gasteiger partial charge in [-0.2, -0.15) is 0 Å². The summed E-state index contributed by atoms with van der Waals surface area (Å²) >= 11 is 0. The Morgan fingerprint density at radius 1 is 1.25 bits per heavy atom. The molecule has 0 saturated carbocycles. The van der Waals surface area contributed by atoms with E-state index in [1.807, 2.05) is 10.9 Å². The van der Waals surface area contributed by atoms with Gasteiger partial charge in [-0.3, -0.25) is 0 Å². The van der Waals surface area contributed by atoms with Crippen molar-refractivity contribution in [2.24, 2.45) is 11.8 Å². The molecule has 0 aliphatic heterocycles. The average Bonchev–Trinajstić information content (AvgIpc) is 2.59. The average molecular weight is 225 g/mol. The lowest BCUT2D eigenvalue weighted by Crippen LogP contribution is -2.09. The van der Waals surface area contributed by atoms with Gasteiger partial charge in [0.1, 0.15) is 0 Å². The quantitative estimate of drug-likeness (QED) is 0.667. The standard InChI is InChI=1S/C12H23N3O/c1-10(2)7-12-8-15(14-13-12)5-6-16-9-11(3)4/h8,10-11H,5-7,9H2,1-4H3. The van der Waals surface area contributed by atoms with Gasteiger partial charge in [-0.15, -0.1) is 5.10 Å². The van der Waals surface area contributed by atoms with E-state index in [4.69, 9.17) is 4.74 Å². The second-order valence-electron chi connectivity index (χ2n) is 5.04. The van der Waals surface area contributed by atoms with Crippen LogP contribution in [0.1, 0.15) is 33.4 Å². The normalized spacial score (nSPS) is 11.6. The molecule has 0 aromatic carbocycles. The first-order valence-electron chi connectivity index (χ1n) is 6.04. The first kappa shape index (κ1) is 13.2. The van der Waals surface area contributed by atoms with Crippen molar-refractivity contribution in [3.8, 4) is 0 Å². The van der Waals surface area contributed by atoms with Crippen LogP contribution in [0.3, 0.4) is 0 Å². The molecule has 0 unspecified atom stereocenters. The summed E-state index contributed by atoms with van der Waals surface area (Å²) in [4.78, 5) is 0. The van der Waals surface area contributed by atoms with Crippen LogP contribution in [0.4, 0.5) is 0 Å². The molecule has 0 atom stereocenters. The summed E-state index contributed by atoms with van der Waals surface area (Å²) in [5.74, 6) is 1.22. The molecule has 1 rings (SSSR count). The minimum absolute atomic E-state index is 0.590. The number of nitrogens with zero attached hydrogens (tertiary/aromatic N) is 3. The number of hydrogen-bond donors (Lipinski definition) is 0. The van der Waals surface area contributed by atoms with Gasteiger partial charge in [-0.25, -0.2) is 4.68 Å². The highest BCUT2D eigenvalue weighted by Gasteiger charge is 2.03. The van der Waals surface area contributed by atoms with E-state index >= 15 is 0 Å². The van der Waals surface area contributed by atoms with Crippen LogP contribution in [0.2, 0.25) is 0 Å². The second-order valence-corrected chi connectivity index (χ2v) is 5.04. The van der Waals surface area contributed by atoms with Crippen molar-refractivity contribution in [1.82, 2.24) is 15.0 Å². The fourth-order valence-electron chi connectivity index (χ4n) is 1.44. The van der Waals surface area contributed by atoms with Crippen molar-refractivity contribution in [2.45, 2.75) is 40.7 Å². The fourth-order valence-corrected chi connectivity index (χ4v) is 1.44. The van der Waals surface area contributed by atoms with E-state index in [-0.39, 0.29) is 0 Å². The molecular weight excluding hydrogens is 202 g/mol. The maximum atomic E-state index is 5.50. The Morgan fingerprint density at radius 3 is 2.62 bits per heavy atom. The molecule has 16 heavy (non-hydrogen) atoms. The van der Waals surface area contributed by atoms with E-state index in [1.165, 1.54) is 0 Å². The lowest BCUT2D eigenvalue weighted by molar-refractivity contribution is 0.101. The van der Waals surface area contributed by atoms with Crippen LogP contribution in [-0.2, 0) is 17.7 Å². The lowest BCUT2D eigenvalue weighted by Gasteiger charge is -2.05. The summed E-state index contributed by atoms with van der Waals surface area (Å²) < 4.78 is 7.36. The van der Waals surface area contributed by atoms with Crippen molar-refractivity contribution in [3.05, 3.63) is 11.9 Å². The van der Waals surface area contributed by atoms with Crippen LogP contribution in [-0.4, -0.2) is 28.2 Å². The van der Waals surface area contributed by atoms with Gasteiger partial charge < -0.3 is 4.74 Å². The maximum Gasteiger partial charge on any atom is 0.0829 e. The highest BCUT2D eigenvalue weighted by atomic mass is 16.5. The highest BCUT2D eigenvalue weighted by Crippen LogP contribution is 2.03. The molecule has 92 valence electrons. The lowest BCUT2D eigenvalue weighted by atomic mass is 10.1. The van der Waals surface area contributed by atoms with Gasteiger partial charge in [0.2, 0.25) is 0 Å². The Morgan fingerprint density at radius 2 is 2.00 bits per heavy atom. The minimum atomic E-state index is 0.590. The zero-order valence-electron chi connectivity index (χ0n) is 10.8. The smallest absolute Gasteiger partial charge is 0.0829 e. The molecule has 4 heteroatoms. The Balaban J connectivity index is 2.24. The van der Waals surface area contributed by atoms with E-state index in [9.17, 15) is 0 Å². The summed E-state index contributed by atoms with van der Waals surface area (Å²) in [6, 6.07) is 0. The Labute approximate surface area is 98.0 Å². The predicted molar refractivity (Wildman–Crippen MR) is 64.2 cm³/mol. The van der Waals surface area contributed by atoms with Crippen LogP contribution < -0.4 is 0 Å². The molecule has 0 saturated heterocycles. The van der Waals surface area contributed by atoms with Gasteiger partial charge >= 0.3 is 0 Å². The van der Waals surface area contributed by atoms with Gasteiger partial charge in [0.15, 0.2) is 0 Å². The van der Waals surface area contributed by atoms with E-state index in [0.29, 0.717) is 18.4 Å². The van der Waals surface area contributed by atoms with Crippen LogP contribution >= 0.6 is 0 Å². The Bertz CT molecular complexity index is 294. The number of hydrogen-bond acceptors (Lipinski definition) is 3. The van der Waals surface area contributed by atoms with Crippen LogP contribution in [0, 0.1) is 11.8 Å². The summed E-state index contributed by atoms with van der Waals surface area (Å²) in [5.41, 5.74) is 1.07. The molecule has 0 aliphatic carbocycles. The minimum Gasteiger partial charge on any atom is -0.379 e. The van der Waals surface area contributed by atoms with Crippen molar-refractivity contribution in [1.29, 1.82) is 0 Å². The molecule has 4 nitrogen and oxygen atoms in total. The molecule has 1 aromatic heterocycles. The van der Waals surface area contributed by atoms with Gasteiger partial charge in [0, 0.05) is 12.8 Å². The molecule has 0 bridgehead atoms. The van der Waals surface area contributed by atoms with E-state index in [2.05, 4.69) is 38.0 Å². The maximum absolute atomic E-state index is 5.50. The molecule has 1 heterocycles. The molecule has 0 amide bonds. The second kappa shape index (κ2) is 6.63. The summed E-state index contributed by atoms with van der Waals surface area (Å²) in [5, 5.41) is 8.20. The topological polar surface area (TPSA) is 39.9 Å². The Hall–Kier alpha value is -0.900. The van der Waals surface area contributed by atoms with E-state index in [1.54, 1.807) is 0 Å². The highest BCUT2D eigenvalue weighted by molar-refractivity contribution is 4.92. The Kier molecular flexibility index (Phi) is 5.46. The largest absolute Gasteiger partial charge is 0.379 e. The molecule has 0 radical (unpaired) electrons. The van der Waals surface area contributed by atoms with Crippen LogP contribution in [0.15, 0.2) is 6.20 Å². The SMILES string of the molecule is CC(C)COCCn1cc(CC(C)C)nn1. The monoisotopic (exact) mass is 225 g/mol. The van der Waals surface area contributed by atoms with Gasteiger partial charge in [0.05, 0.1) is 18.8 Å². The third kappa shape index (κ3) is 5.26. The summed E-state index contributed by atoms with van der Waals surface area (Å²) in [6.45, 7) is 11.0. The van der Waals surface area contributed by atoms with Crippen molar-refractivity contribution >= 4 is 0 Å². The molecule has 1 aromatic rings. The van der Waals surface area contributed by atoms with Gasteiger partial charge in [-0.05, 0) is 18.3 Å². The van der Waals surface area contributed by atoms with Crippen molar-refractivity contribution in [2.75, 3.05) is 13.2 Å². The molecule has 0 spiro atoms. The first-order valence-corrected chi connectivity index (χ1v) is 6.04.